The highest BCUT2D eigenvalue weighted by molar-refractivity contribution is 7.93. The minimum absolute atomic E-state index is 0.0454. The third-order valence-electron chi connectivity index (χ3n) is 5.93. The van der Waals surface area contributed by atoms with Gasteiger partial charge in [-0.15, -0.1) is 0 Å². The van der Waals surface area contributed by atoms with Gasteiger partial charge in [-0.3, -0.25) is 9.78 Å². The zero-order chi connectivity index (χ0) is 21.8. The van der Waals surface area contributed by atoms with Crippen LogP contribution in [0.1, 0.15) is 28.6 Å². The largest absolute Gasteiger partial charge is 0.339 e. The van der Waals surface area contributed by atoms with Crippen LogP contribution in [0.2, 0.25) is 0 Å². The van der Waals surface area contributed by atoms with Crippen LogP contribution >= 0.6 is 0 Å². The lowest BCUT2D eigenvalue weighted by atomic mass is 9.82. The fourth-order valence-electron chi connectivity index (χ4n) is 4.25. The molecule has 3 aromatic rings. The highest BCUT2D eigenvalue weighted by atomic mass is 32.2. The van der Waals surface area contributed by atoms with E-state index in [0.29, 0.717) is 12.1 Å². The molecule has 0 radical (unpaired) electrons. The first-order valence-corrected chi connectivity index (χ1v) is 11.2. The van der Waals surface area contributed by atoms with Gasteiger partial charge < -0.3 is 9.42 Å². The number of aromatic nitrogens is 3. The standard InChI is InChI=1S/C20H16F2N4O4S/c21-14-5-4-12(9-15(14)22)19(27)26-10-20(11-26)13(6-8-31(20,28)29)18-24-17(25-30-18)16-3-1-2-7-23-16/h1-5,7,9,13H,6,8,10-11H2. The molecule has 0 bridgehead atoms. The quantitative estimate of drug-likeness (QED) is 0.607. The van der Waals surface area contributed by atoms with Crippen molar-refractivity contribution in [3.8, 4) is 11.5 Å². The van der Waals surface area contributed by atoms with Gasteiger partial charge in [0.15, 0.2) is 21.5 Å². The molecule has 1 unspecified atom stereocenters. The van der Waals surface area contributed by atoms with E-state index < -0.39 is 38.0 Å². The van der Waals surface area contributed by atoms with Crippen LogP contribution < -0.4 is 0 Å². The van der Waals surface area contributed by atoms with E-state index in [2.05, 4.69) is 15.1 Å². The minimum Gasteiger partial charge on any atom is -0.339 e. The predicted molar refractivity (Wildman–Crippen MR) is 104 cm³/mol. The Kier molecular flexibility index (Phi) is 4.40. The molecule has 2 aliphatic heterocycles. The van der Waals surface area contributed by atoms with E-state index in [4.69, 9.17) is 4.52 Å². The molecule has 0 saturated carbocycles. The molecule has 2 saturated heterocycles. The highest BCUT2D eigenvalue weighted by Gasteiger charge is 2.64. The molecule has 8 nitrogen and oxygen atoms in total. The van der Waals surface area contributed by atoms with E-state index in [1.165, 1.54) is 11.0 Å². The smallest absolute Gasteiger partial charge is 0.254 e. The Morgan fingerprint density at radius 2 is 1.97 bits per heavy atom. The van der Waals surface area contributed by atoms with Crippen molar-refractivity contribution in [2.45, 2.75) is 17.1 Å². The molecular formula is C20H16F2N4O4S. The Balaban J connectivity index is 1.41. The van der Waals surface area contributed by atoms with Gasteiger partial charge in [0.05, 0.1) is 11.7 Å². The normalized spacial score (nSPS) is 21.2. The number of nitrogens with zero attached hydrogens (tertiary/aromatic N) is 4. The third kappa shape index (κ3) is 3.02. The fourth-order valence-corrected chi connectivity index (χ4v) is 6.56. The van der Waals surface area contributed by atoms with Gasteiger partial charge in [-0.1, -0.05) is 11.2 Å². The van der Waals surface area contributed by atoms with Gasteiger partial charge in [0.1, 0.15) is 10.4 Å². The number of carbonyl (C=O) groups is 1. The van der Waals surface area contributed by atoms with Crippen molar-refractivity contribution in [1.82, 2.24) is 20.0 Å². The van der Waals surface area contributed by atoms with Crippen LogP contribution in [-0.4, -0.2) is 57.9 Å². The van der Waals surface area contributed by atoms with Crippen molar-refractivity contribution in [2.24, 2.45) is 0 Å². The Bertz CT molecular complexity index is 1270. The number of benzene rings is 1. The van der Waals surface area contributed by atoms with Gasteiger partial charge in [0.2, 0.25) is 11.7 Å². The van der Waals surface area contributed by atoms with Crippen LogP contribution in [0.5, 0.6) is 0 Å². The molecular weight excluding hydrogens is 430 g/mol. The maximum Gasteiger partial charge on any atom is 0.254 e. The van der Waals surface area contributed by atoms with Crippen molar-refractivity contribution in [3.63, 3.8) is 0 Å². The van der Waals surface area contributed by atoms with Gasteiger partial charge in [0.25, 0.3) is 5.91 Å². The van der Waals surface area contributed by atoms with Crippen LogP contribution in [0.4, 0.5) is 8.78 Å². The number of amides is 1. The van der Waals surface area contributed by atoms with Crippen molar-refractivity contribution in [1.29, 1.82) is 0 Å². The molecule has 4 heterocycles. The van der Waals surface area contributed by atoms with Crippen LogP contribution in [-0.2, 0) is 9.84 Å². The Labute approximate surface area is 175 Å². The average molecular weight is 446 g/mol. The molecule has 1 amide bonds. The van der Waals surface area contributed by atoms with Crippen LogP contribution in [0.25, 0.3) is 11.5 Å². The first-order chi connectivity index (χ1) is 14.8. The number of pyridine rings is 1. The van der Waals surface area contributed by atoms with E-state index in [1.54, 1.807) is 24.4 Å². The summed E-state index contributed by atoms with van der Waals surface area (Å²) in [5.74, 6) is -2.96. The second-order valence-corrected chi connectivity index (χ2v) is 10.1. The van der Waals surface area contributed by atoms with Crippen molar-refractivity contribution >= 4 is 15.7 Å². The summed E-state index contributed by atoms with van der Waals surface area (Å²) in [6.45, 7) is -0.168. The number of sulfone groups is 1. The molecule has 0 aliphatic carbocycles. The van der Waals surface area contributed by atoms with Gasteiger partial charge in [-0.25, -0.2) is 17.2 Å². The highest BCUT2D eigenvalue weighted by Crippen LogP contribution is 2.49. The maximum absolute atomic E-state index is 13.5. The molecule has 5 rings (SSSR count). The Morgan fingerprint density at radius 3 is 2.68 bits per heavy atom. The average Bonchev–Trinajstić information content (AvgIpc) is 3.31. The van der Waals surface area contributed by atoms with Crippen molar-refractivity contribution < 1.29 is 26.5 Å². The number of likely N-dealkylation sites (tertiary alicyclic amines) is 1. The molecule has 1 spiro atoms. The van der Waals surface area contributed by atoms with E-state index in [0.717, 1.165) is 12.1 Å². The first kappa shape index (κ1) is 19.7. The van der Waals surface area contributed by atoms with Gasteiger partial charge in [-0.2, -0.15) is 4.98 Å². The lowest BCUT2D eigenvalue weighted by Gasteiger charge is -2.49. The molecule has 2 aliphatic rings. The second-order valence-electron chi connectivity index (χ2n) is 7.69. The lowest BCUT2D eigenvalue weighted by Crippen LogP contribution is -2.67. The van der Waals surface area contributed by atoms with E-state index in [-0.39, 0.29) is 36.1 Å². The molecule has 1 aromatic carbocycles. The van der Waals surface area contributed by atoms with Gasteiger partial charge in [0, 0.05) is 24.8 Å². The summed E-state index contributed by atoms with van der Waals surface area (Å²) >= 11 is 0. The van der Waals surface area contributed by atoms with Crippen molar-refractivity contribution in [2.75, 3.05) is 18.8 Å². The SMILES string of the molecule is O=C(c1ccc(F)c(F)c1)N1CC2(C1)C(c1nc(-c3ccccn3)no1)CCS2(=O)=O. The fraction of sp³-hybridized carbons (Fsp3) is 0.300. The monoisotopic (exact) mass is 446 g/mol. The van der Waals surface area contributed by atoms with Gasteiger partial charge >= 0.3 is 0 Å². The Morgan fingerprint density at radius 1 is 1.16 bits per heavy atom. The summed E-state index contributed by atoms with van der Waals surface area (Å²) in [4.78, 5) is 22.5. The summed E-state index contributed by atoms with van der Waals surface area (Å²) in [6.07, 6.45) is 1.87. The predicted octanol–water partition coefficient (Wildman–Crippen LogP) is 2.21. The maximum atomic E-state index is 13.5. The van der Waals surface area contributed by atoms with Gasteiger partial charge in [-0.05, 0) is 36.8 Å². The molecule has 2 aromatic heterocycles. The van der Waals surface area contributed by atoms with Crippen molar-refractivity contribution in [3.05, 3.63) is 65.7 Å². The molecule has 31 heavy (non-hydrogen) atoms. The number of carbonyl (C=O) groups excluding carboxylic acids is 1. The summed E-state index contributed by atoms with van der Waals surface area (Å²) in [5, 5.41) is 3.92. The first-order valence-electron chi connectivity index (χ1n) is 9.52. The van der Waals surface area contributed by atoms with Crippen LogP contribution in [0.3, 0.4) is 0 Å². The second kappa shape index (κ2) is 6.91. The topological polar surface area (TPSA) is 106 Å². The Hall–Kier alpha value is -3.21. The van der Waals surface area contributed by atoms with Crippen LogP contribution in [0.15, 0.2) is 47.1 Å². The van der Waals surface area contributed by atoms with E-state index in [9.17, 15) is 22.0 Å². The molecule has 11 heteroatoms. The summed E-state index contributed by atoms with van der Waals surface area (Å²) in [7, 11) is -3.54. The number of hydrogen-bond donors (Lipinski definition) is 0. The zero-order valence-corrected chi connectivity index (χ0v) is 16.8. The summed E-state index contributed by atoms with van der Waals surface area (Å²) in [6, 6.07) is 8.07. The number of halogens is 2. The molecule has 160 valence electrons. The molecule has 1 atom stereocenters. The zero-order valence-electron chi connectivity index (χ0n) is 16.0. The number of hydrogen-bond acceptors (Lipinski definition) is 7. The van der Waals surface area contributed by atoms with E-state index in [1.807, 2.05) is 0 Å². The van der Waals surface area contributed by atoms with E-state index >= 15 is 0 Å². The van der Waals surface area contributed by atoms with Crippen LogP contribution in [0, 0.1) is 11.6 Å². The summed E-state index contributed by atoms with van der Waals surface area (Å²) < 4.78 is 56.5. The molecule has 0 N–H and O–H groups in total. The molecule has 2 fully saturated rings. The third-order valence-corrected chi connectivity index (χ3v) is 8.49. The number of rotatable bonds is 3. The lowest BCUT2D eigenvalue weighted by molar-refractivity contribution is 0.0503. The summed E-state index contributed by atoms with van der Waals surface area (Å²) in [5.41, 5.74) is 0.451. The minimum atomic E-state index is -3.54.